The normalized spacial score (nSPS) is 10.7. The van der Waals surface area contributed by atoms with Crippen molar-refractivity contribution in [2.45, 2.75) is 19.9 Å². The minimum Gasteiger partial charge on any atom is -0.384 e. The van der Waals surface area contributed by atoms with Crippen LogP contribution in [-0.2, 0) is 6.54 Å². The summed E-state index contributed by atoms with van der Waals surface area (Å²) in [4.78, 5) is 8.90. The number of nitrogens with zero attached hydrogens (tertiary/aromatic N) is 5. The van der Waals surface area contributed by atoms with E-state index in [9.17, 15) is 0 Å². The molecule has 0 aliphatic carbocycles. The molecule has 0 fully saturated rings. The van der Waals surface area contributed by atoms with Crippen LogP contribution in [0, 0.1) is 0 Å². The van der Waals surface area contributed by atoms with Crippen LogP contribution in [0.4, 0.5) is 5.82 Å². The molecule has 0 radical (unpaired) electrons. The Kier molecular flexibility index (Phi) is 3.59. The molecular formula is C15H16N6. The lowest BCUT2D eigenvalue weighted by Gasteiger charge is -2.07. The van der Waals surface area contributed by atoms with Crippen molar-refractivity contribution in [2.24, 2.45) is 0 Å². The number of rotatable bonds is 4. The maximum absolute atomic E-state index is 5.93. The molecule has 2 N–H and O–H groups in total. The van der Waals surface area contributed by atoms with E-state index in [-0.39, 0.29) is 0 Å². The van der Waals surface area contributed by atoms with Gasteiger partial charge in [-0.2, -0.15) is 0 Å². The highest BCUT2D eigenvalue weighted by atomic mass is 15.4. The van der Waals surface area contributed by atoms with E-state index < -0.39 is 0 Å². The number of benzene rings is 1. The Morgan fingerprint density at radius 1 is 1.14 bits per heavy atom. The molecule has 0 saturated heterocycles. The highest BCUT2D eigenvalue weighted by Gasteiger charge is 2.11. The number of hydrogen-bond acceptors (Lipinski definition) is 5. The molecule has 1 aromatic carbocycles. The van der Waals surface area contributed by atoms with Gasteiger partial charge >= 0.3 is 0 Å². The smallest absolute Gasteiger partial charge is 0.162 e. The summed E-state index contributed by atoms with van der Waals surface area (Å²) in [5.41, 5.74) is 8.44. The van der Waals surface area contributed by atoms with Crippen molar-refractivity contribution in [3.63, 3.8) is 0 Å². The van der Waals surface area contributed by atoms with Gasteiger partial charge in [0.15, 0.2) is 5.82 Å². The Bertz CT molecular complexity index is 735. The van der Waals surface area contributed by atoms with E-state index in [1.165, 1.54) is 0 Å². The van der Waals surface area contributed by atoms with Gasteiger partial charge in [0, 0.05) is 18.2 Å². The summed E-state index contributed by atoms with van der Waals surface area (Å²) in [5.74, 6) is 1.04. The molecule has 3 rings (SSSR count). The lowest BCUT2D eigenvalue weighted by Crippen LogP contribution is -2.04. The van der Waals surface area contributed by atoms with E-state index in [2.05, 4.69) is 27.2 Å². The lowest BCUT2D eigenvalue weighted by atomic mass is 10.2. The van der Waals surface area contributed by atoms with Crippen molar-refractivity contribution in [3.8, 4) is 22.8 Å². The van der Waals surface area contributed by atoms with Crippen LogP contribution in [0.25, 0.3) is 22.8 Å². The summed E-state index contributed by atoms with van der Waals surface area (Å²) in [7, 11) is 0. The van der Waals surface area contributed by atoms with Crippen LogP contribution < -0.4 is 5.73 Å². The van der Waals surface area contributed by atoms with Gasteiger partial charge in [-0.3, -0.25) is 0 Å². The Morgan fingerprint density at radius 2 is 1.95 bits per heavy atom. The fourth-order valence-electron chi connectivity index (χ4n) is 2.15. The van der Waals surface area contributed by atoms with Crippen LogP contribution in [0.1, 0.15) is 13.3 Å². The van der Waals surface area contributed by atoms with Crippen molar-refractivity contribution in [1.82, 2.24) is 25.0 Å². The van der Waals surface area contributed by atoms with E-state index in [0.717, 1.165) is 29.9 Å². The lowest BCUT2D eigenvalue weighted by molar-refractivity contribution is 0.583. The molecule has 2 aromatic heterocycles. The molecule has 0 amide bonds. The number of aryl methyl sites for hydroxylation is 1. The third-order valence-electron chi connectivity index (χ3n) is 3.09. The van der Waals surface area contributed by atoms with Gasteiger partial charge in [0.25, 0.3) is 0 Å². The molecule has 0 aliphatic heterocycles. The molecular weight excluding hydrogens is 264 g/mol. The zero-order valence-corrected chi connectivity index (χ0v) is 11.8. The van der Waals surface area contributed by atoms with Gasteiger partial charge in [-0.25, -0.2) is 14.6 Å². The van der Waals surface area contributed by atoms with E-state index in [1.54, 1.807) is 12.3 Å². The predicted molar refractivity (Wildman–Crippen MR) is 81.2 cm³/mol. The Balaban J connectivity index is 2.08. The molecule has 6 heteroatoms. The van der Waals surface area contributed by atoms with Crippen molar-refractivity contribution >= 4 is 5.82 Å². The first-order chi connectivity index (χ1) is 10.3. The van der Waals surface area contributed by atoms with Gasteiger partial charge in [0.1, 0.15) is 11.5 Å². The highest BCUT2D eigenvalue weighted by molar-refractivity contribution is 5.64. The van der Waals surface area contributed by atoms with E-state index in [4.69, 9.17) is 5.73 Å². The zero-order valence-electron chi connectivity index (χ0n) is 11.8. The summed E-state index contributed by atoms with van der Waals surface area (Å²) < 4.78 is 1.83. The monoisotopic (exact) mass is 280 g/mol. The molecule has 0 spiro atoms. The molecule has 3 aromatic rings. The third-order valence-corrected chi connectivity index (χ3v) is 3.09. The summed E-state index contributed by atoms with van der Waals surface area (Å²) in [6.07, 6.45) is 2.68. The summed E-state index contributed by atoms with van der Waals surface area (Å²) >= 11 is 0. The van der Waals surface area contributed by atoms with Gasteiger partial charge in [-0.15, -0.1) is 5.10 Å². The second-order valence-electron chi connectivity index (χ2n) is 4.71. The summed E-state index contributed by atoms with van der Waals surface area (Å²) in [5, 5.41) is 8.04. The summed E-state index contributed by atoms with van der Waals surface area (Å²) in [6.45, 7) is 2.88. The van der Waals surface area contributed by atoms with Crippen LogP contribution in [0.5, 0.6) is 0 Å². The second-order valence-corrected chi connectivity index (χ2v) is 4.71. The van der Waals surface area contributed by atoms with Crippen LogP contribution in [-0.4, -0.2) is 25.0 Å². The zero-order chi connectivity index (χ0) is 14.7. The number of hydrogen-bond donors (Lipinski definition) is 1. The first kappa shape index (κ1) is 13.2. The molecule has 106 valence electrons. The number of nitrogens with two attached hydrogens (primary N) is 1. The van der Waals surface area contributed by atoms with Crippen LogP contribution >= 0.6 is 0 Å². The molecule has 2 heterocycles. The molecule has 0 unspecified atom stereocenters. The van der Waals surface area contributed by atoms with E-state index in [0.29, 0.717) is 11.6 Å². The third kappa shape index (κ3) is 2.74. The van der Waals surface area contributed by atoms with Crippen LogP contribution in [0.15, 0.2) is 42.6 Å². The standard InChI is InChI=1S/C15H16N6/c1-2-8-21-13(10-17-20-21)12-9-14(16)19-15(18-12)11-6-4-3-5-7-11/h3-7,9-10H,2,8H2,1H3,(H2,16,18,19). The van der Waals surface area contributed by atoms with E-state index in [1.807, 2.05) is 35.0 Å². The minimum absolute atomic E-state index is 0.433. The van der Waals surface area contributed by atoms with Gasteiger partial charge in [-0.05, 0) is 6.42 Å². The second kappa shape index (κ2) is 5.70. The average Bonchev–Trinajstić information content (AvgIpc) is 2.96. The van der Waals surface area contributed by atoms with E-state index >= 15 is 0 Å². The summed E-state index contributed by atoms with van der Waals surface area (Å²) in [6, 6.07) is 11.5. The number of anilines is 1. The van der Waals surface area contributed by atoms with Gasteiger partial charge in [0.2, 0.25) is 0 Å². The average molecular weight is 280 g/mol. The Hall–Kier alpha value is -2.76. The van der Waals surface area contributed by atoms with Crippen molar-refractivity contribution < 1.29 is 0 Å². The maximum atomic E-state index is 5.93. The fourth-order valence-corrected chi connectivity index (χ4v) is 2.15. The maximum Gasteiger partial charge on any atom is 0.162 e. The number of aromatic nitrogens is 5. The topological polar surface area (TPSA) is 82.5 Å². The Labute approximate surface area is 122 Å². The first-order valence-electron chi connectivity index (χ1n) is 6.86. The van der Waals surface area contributed by atoms with Gasteiger partial charge in [-0.1, -0.05) is 42.5 Å². The Morgan fingerprint density at radius 3 is 2.71 bits per heavy atom. The van der Waals surface area contributed by atoms with Crippen molar-refractivity contribution in [2.75, 3.05) is 5.73 Å². The van der Waals surface area contributed by atoms with Gasteiger partial charge in [0.05, 0.1) is 11.9 Å². The molecule has 21 heavy (non-hydrogen) atoms. The molecule has 0 atom stereocenters. The molecule has 0 bridgehead atoms. The first-order valence-corrected chi connectivity index (χ1v) is 6.86. The highest BCUT2D eigenvalue weighted by Crippen LogP contribution is 2.22. The van der Waals surface area contributed by atoms with Crippen LogP contribution in [0.2, 0.25) is 0 Å². The minimum atomic E-state index is 0.433. The molecule has 0 saturated carbocycles. The van der Waals surface area contributed by atoms with Crippen molar-refractivity contribution in [3.05, 3.63) is 42.6 Å². The quantitative estimate of drug-likeness (QED) is 0.793. The largest absolute Gasteiger partial charge is 0.384 e. The fraction of sp³-hybridized carbons (Fsp3) is 0.200. The number of nitrogen functional groups attached to an aromatic ring is 1. The molecule has 6 nitrogen and oxygen atoms in total. The molecule has 0 aliphatic rings. The van der Waals surface area contributed by atoms with Crippen molar-refractivity contribution in [1.29, 1.82) is 0 Å². The predicted octanol–water partition coefficient (Wildman–Crippen LogP) is 2.39. The van der Waals surface area contributed by atoms with Gasteiger partial charge < -0.3 is 5.73 Å². The SMILES string of the molecule is CCCn1nncc1-c1cc(N)nc(-c2ccccc2)n1. The van der Waals surface area contributed by atoms with Crippen LogP contribution in [0.3, 0.4) is 0 Å².